The van der Waals surface area contributed by atoms with Gasteiger partial charge in [0.15, 0.2) is 17.3 Å². The Hall–Kier alpha value is -4.51. The van der Waals surface area contributed by atoms with E-state index in [0.29, 0.717) is 42.6 Å². The maximum atomic E-state index is 12.4. The summed E-state index contributed by atoms with van der Waals surface area (Å²) < 4.78 is 22.4. The number of benzene rings is 2. The van der Waals surface area contributed by atoms with E-state index in [9.17, 15) is 10.1 Å². The Morgan fingerprint density at radius 1 is 1.11 bits per heavy atom. The van der Waals surface area contributed by atoms with Gasteiger partial charge in [-0.25, -0.2) is 0 Å². The van der Waals surface area contributed by atoms with Crippen LogP contribution in [0.1, 0.15) is 23.8 Å². The second-order valence-corrected chi connectivity index (χ2v) is 7.38. The maximum absolute atomic E-state index is 12.4. The molecule has 3 aromatic rings. The number of para-hydroxylation sites is 1. The van der Waals surface area contributed by atoms with E-state index >= 15 is 0 Å². The summed E-state index contributed by atoms with van der Waals surface area (Å²) in [7, 11) is 0. The maximum Gasteiger partial charge on any atom is 0.267 e. The normalized spacial score (nSPS) is 10.8. The minimum atomic E-state index is -0.590. The van der Waals surface area contributed by atoms with E-state index in [-0.39, 0.29) is 11.4 Å². The van der Waals surface area contributed by atoms with Crippen LogP contribution in [0.25, 0.3) is 6.08 Å². The molecule has 0 saturated carbocycles. The van der Waals surface area contributed by atoms with Crippen LogP contribution in [0.5, 0.6) is 17.2 Å². The van der Waals surface area contributed by atoms with E-state index in [1.54, 1.807) is 31.2 Å². The van der Waals surface area contributed by atoms with Crippen molar-refractivity contribution in [3.8, 4) is 23.3 Å². The second kappa shape index (κ2) is 12.7. The van der Waals surface area contributed by atoms with Crippen molar-refractivity contribution < 1.29 is 23.5 Å². The molecule has 0 atom stereocenters. The fraction of sp³-hybridized carbons (Fsp3) is 0.222. The van der Waals surface area contributed by atoms with E-state index in [1.807, 2.05) is 43.3 Å². The van der Waals surface area contributed by atoms with Crippen molar-refractivity contribution in [3.05, 3.63) is 83.6 Å². The number of aromatic nitrogens is 1. The highest BCUT2D eigenvalue weighted by Crippen LogP contribution is 2.29. The fourth-order valence-corrected chi connectivity index (χ4v) is 3.20. The number of amides is 1. The average molecular weight is 474 g/mol. The number of nitriles is 1. The summed E-state index contributed by atoms with van der Waals surface area (Å²) in [6.07, 6.45) is 4.02. The van der Waals surface area contributed by atoms with Gasteiger partial charge in [-0.3, -0.25) is 4.79 Å². The molecule has 0 fully saturated rings. The van der Waals surface area contributed by atoms with Crippen molar-refractivity contribution in [3.63, 3.8) is 0 Å². The van der Waals surface area contributed by atoms with Crippen LogP contribution in [0.3, 0.4) is 0 Å². The zero-order chi connectivity index (χ0) is 25.0. The minimum Gasteiger partial charge on any atom is -0.490 e. The zero-order valence-electron chi connectivity index (χ0n) is 19.7. The Kier molecular flexibility index (Phi) is 9.08. The lowest BCUT2D eigenvalue weighted by molar-refractivity contribution is -0.112. The number of carbonyl (C=O) groups excluding carboxylic acids is 1. The third-order valence-electron chi connectivity index (χ3n) is 4.75. The molecule has 35 heavy (non-hydrogen) atoms. The summed E-state index contributed by atoms with van der Waals surface area (Å²) in [5, 5.41) is 15.7. The molecule has 0 saturated heterocycles. The predicted octanol–water partition coefficient (Wildman–Crippen LogP) is 5.11. The van der Waals surface area contributed by atoms with Gasteiger partial charge in [0.25, 0.3) is 5.91 Å². The van der Waals surface area contributed by atoms with E-state index in [2.05, 4.69) is 17.1 Å². The molecular weight excluding hydrogens is 446 g/mol. The summed E-state index contributed by atoms with van der Waals surface area (Å²) in [5.74, 6) is 2.02. The number of anilines is 1. The van der Waals surface area contributed by atoms with Crippen LogP contribution in [0.15, 0.2) is 71.3 Å². The molecule has 180 valence electrons. The highest BCUT2D eigenvalue weighted by atomic mass is 16.5. The van der Waals surface area contributed by atoms with Crippen LogP contribution in [-0.4, -0.2) is 30.9 Å². The number of rotatable bonds is 12. The fourth-order valence-electron chi connectivity index (χ4n) is 3.20. The van der Waals surface area contributed by atoms with Gasteiger partial charge in [0, 0.05) is 6.07 Å². The van der Waals surface area contributed by atoms with Gasteiger partial charge < -0.3 is 24.1 Å². The van der Waals surface area contributed by atoms with Gasteiger partial charge >= 0.3 is 0 Å². The Balaban J connectivity index is 1.66. The van der Waals surface area contributed by atoms with Gasteiger partial charge in [-0.15, -0.1) is 6.58 Å². The molecule has 0 aliphatic heterocycles. The standard InChI is InChI=1S/C27H27N3O5/c1-4-8-21-9-6-7-10-23(21)33-13-14-34-24-12-11-20(17-25(24)32-5-2)16-22(18-28)27(31)29-26-15-19(3)35-30-26/h4,6-7,9-12,15-17H,1,5,8,13-14H2,2-3H3,(H,29,30,31). The third-order valence-corrected chi connectivity index (χ3v) is 4.75. The number of nitrogens with one attached hydrogen (secondary N) is 1. The smallest absolute Gasteiger partial charge is 0.267 e. The molecule has 1 amide bonds. The Morgan fingerprint density at radius 3 is 2.57 bits per heavy atom. The highest BCUT2D eigenvalue weighted by molar-refractivity contribution is 6.09. The molecule has 1 N–H and O–H groups in total. The van der Waals surface area contributed by atoms with Crippen molar-refractivity contribution in [1.82, 2.24) is 5.16 Å². The number of nitrogens with zero attached hydrogens (tertiary/aromatic N) is 2. The van der Waals surface area contributed by atoms with Crippen LogP contribution >= 0.6 is 0 Å². The Labute approximate surface area is 204 Å². The van der Waals surface area contributed by atoms with Crippen LogP contribution in [-0.2, 0) is 11.2 Å². The molecular formula is C27H27N3O5. The molecule has 0 aliphatic carbocycles. The first-order chi connectivity index (χ1) is 17.0. The second-order valence-electron chi connectivity index (χ2n) is 7.38. The highest BCUT2D eigenvalue weighted by Gasteiger charge is 2.13. The van der Waals surface area contributed by atoms with E-state index in [4.69, 9.17) is 18.7 Å². The van der Waals surface area contributed by atoms with Gasteiger partial charge in [0.05, 0.1) is 6.61 Å². The lowest BCUT2D eigenvalue weighted by atomic mass is 10.1. The quantitative estimate of drug-likeness (QED) is 0.168. The SMILES string of the molecule is C=CCc1ccccc1OCCOc1ccc(C=C(C#N)C(=O)Nc2cc(C)on2)cc1OCC. The van der Waals surface area contributed by atoms with Gasteiger partial charge in [-0.05, 0) is 55.7 Å². The van der Waals surface area contributed by atoms with Gasteiger partial charge in [0.1, 0.15) is 36.4 Å². The monoisotopic (exact) mass is 473 g/mol. The first-order valence-corrected chi connectivity index (χ1v) is 11.1. The topological polar surface area (TPSA) is 107 Å². The number of carbonyl (C=O) groups is 1. The van der Waals surface area contributed by atoms with Crippen LogP contribution in [0, 0.1) is 18.3 Å². The van der Waals surface area contributed by atoms with Crippen molar-refractivity contribution >= 4 is 17.8 Å². The molecule has 8 nitrogen and oxygen atoms in total. The predicted molar refractivity (Wildman–Crippen MR) is 132 cm³/mol. The largest absolute Gasteiger partial charge is 0.490 e. The lowest BCUT2D eigenvalue weighted by Gasteiger charge is -2.14. The molecule has 1 heterocycles. The molecule has 8 heteroatoms. The Bertz CT molecular complexity index is 1240. The number of ether oxygens (including phenoxy) is 3. The first kappa shape index (κ1) is 25.1. The number of hydrogen-bond donors (Lipinski definition) is 1. The van der Waals surface area contributed by atoms with Crippen LogP contribution in [0.4, 0.5) is 5.82 Å². The summed E-state index contributed by atoms with van der Waals surface area (Å²) in [6, 6.07) is 16.5. The van der Waals surface area contributed by atoms with Crippen LogP contribution < -0.4 is 19.5 Å². The van der Waals surface area contributed by atoms with Gasteiger partial charge in [-0.1, -0.05) is 35.5 Å². The molecule has 0 spiro atoms. The summed E-state index contributed by atoms with van der Waals surface area (Å²) in [4.78, 5) is 12.4. The van der Waals surface area contributed by atoms with Gasteiger partial charge in [0.2, 0.25) is 0 Å². The number of hydrogen-bond acceptors (Lipinski definition) is 7. The van der Waals surface area contributed by atoms with Gasteiger partial charge in [-0.2, -0.15) is 5.26 Å². The van der Waals surface area contributed by atoms with E-state index in [0.717, 1.165) is 17.7 Å². The van der Waals surface area contributed by atoms with Crippen LogP contribution in [0.2, 0.25) is 0 Å². The zero-order valence-corrected chi connectivity index (χ0v) is 19.7. The van der Waals surface area contributed by atoms with Crippen molar-refractivity contribution in [2.45, 2.75) is 20.3 Å². The number of allylic oxidation sites excluding steroid dienone is 1. The molecule has 1 aromatic heterocycles. The molecule has 0 unspecified atom stereocenters. The lowest BCUT2D eigenvalue weighted by Crippen LogP contribution is -2.13. The third kappa shape index (κ3) is 7.24. The summed E-state index contributed by atoms with van der Waals surface area (Å²) in [5.41, 5.74) is 1.58. The summed E-state index contributed by atoms with van der Waals surface area (Å²) in [6.45, 7) is 8.42. The van der Waals surface area contributed by atoms with Crippen molar-refractivity contribution in [2.24, 2.45) is 0 Å². The number of aryl methyl sites for hydroxylation is 1. The molecule has 0 bridgehead atoms. The van der Waals surface area contributed by atoms with E-state index < -0.39 is 5.91 Å². The summed E-state index contributed by atoms with van der Waals surface area (Å²) >= 11 is 0. The van der Waals surface area contributed by atoms with E-state index in [1.165, 1.54) is 6.08 Å². The average Bonchev–Trinajstić information content (AvgIpc) is 3.26. The minimum absolute atomic E-state index is 0.0895. The first-order valence-electron chi connectivity index (χ1n) is 11.1. The molecule has 0 radical (unpaired) electrons. The molecule has 3 rings (SSSR count). The van der Waals surface area contributed by atoms with Crippen molar-refractivity contribution in [2.75, 3.05) is 25.1 Å². The van der Waals surface area contributed by atoms with Crippen molar-refractivity contribution in [1.29, 1.82) is 5.26 Å². The molecule has 2 aromatic carbocycles. The molecule has 0 aliphatic rings. The Morgan fingerprint density at radius 2 is 1.89 bits per heavy atom.